The van der Waals surface area contributed by atoms with E-state index in [-0.39, 0.29) is 30.9 Å². The van der Waals surface area contributed by atoms with Crippen molar-refractivity contribution in [2.45, 2.75) is 39.5 Å². The number of ether oxygens (including phenoxy) is 3. The quantitative estimate of drug-likeness (QED) is 0.371. The van der Waals surface area contributed by atoms with E-state index in [1.54, 1.807) is 20.8 Å². The number of nitrogens with one attached hydrogen (secondary N) is 2. The molecule has 0 saturated heterocycles. The van der Waals surface area contributed by atoms with Crippen molar-refractivity contribution in [3.8, 4) is 0 Å². The average Bonchev–Trinajstić information content (AvgIpc) is 2.72. The second-order valence-electron chi connectivity index (χ2n) is 6.88. The third-order valence-electron chi connectivity index (χ3n) is 4.08. The fourth-order valence-electron chi connectivity index (χ4n) is 2.36. The molecule has 3 N–H and O–H groups in total. The van der Waals surface area contributed by atoms with Crippen molar-refractivity contribution in [2.75, 3.05) is 39.6 Å². The Bertz CT molecular complexity index is 582. The Labute approximate surface area is 172 Å². The molecule has 164 valence electrons. The van der Waals surface area contributed by atoms with E-state index >= 15 is 0 Å². The number of aliphatic hydroxyl groups excluding tert-OH is 1. The second-order valence-corrected chi connectivity index (χ2v) is 6.88. The molecule has 2 amide bonds. The predicted octanol–water partition coefficient (Wildman–Crippen LogP) is 0.874. The number of benzene rings is 1. The summed E-state index contributed by atoms with van der Waals surface area (Å²) in [7, 11) is 0. The number of carbonyl (C=O) groups excluding carboxylic acids is 2. The number of amides is 2. The van der Waals surface area contributed by atoms with E-state index in [0.717, 1.165) is 5.56 Å². The molecule has 8 heteroatoms. The number of rotatable bonds is 15. The summed E-state index contributed by atoms with van der Waals surface area (Å²) in [5, 5.41) is 14.1. The zero-order valence-corrected chi connectivity index (χ0v) is 17.6. The molecule has 0 aliphatic carbocycles. The van der Waals surface area contributed by atoms with Crippen molar-refractivity contribution in [1.82, 2.24) is 10.6 Å². The second kappa shape index (κ2) is 14.9. The number of aliphatic hydroxyl groups is 1. The Morgan fingerprint density at radius 1 is 0.966 bits per heavy atom. The minimum Gasteiger partial charge on any atom is -0.394 e. The predicted molar refractivity (Wildman–Crippen MR) is 109 cm³/mol. The smallest absolute Gasteiger partial charge is 0.245 e. The van der Waals surface area contributed by atoms with Crippen LogP contribution in [0.1, 0.15) is 26.3 Å². The fraction of sp³-hybridized carbons (Fsp3) is 0.619. The summed E-state index contributed by atoms with van der Waals surface area (Å²) < 4.78 is 16.3. The van der Waals surface area contributed by atoms with Gasteiger partial charge in [-0.1, -0.05) is 44.2 Å². The molecule has 0 bridgehead atoms. The Balaban J connectivity index is 2.47. The highest BCUT2D eigenvalue weighted by Crippen LogP contribution is 2.07. The van der Waals surface area contributed by atoms with Crippen LogP contribution >= 0.6 is 0 Å². The normalized spacial score (nSPS) is 13.1. The summed E-state index contributed by atoms with van der Waals surface area (Å²) in [6.45, 7) is 7.28. The molecule has 0 fully saturated rings. The number of carbonyl (C=O) groups is 2. The lowest BCUT2D eigenvalue weighted by Gasteiger charge is -2.25. The first-order valence-corrected chi connectivity index (χ1v) is 9.95. The third-order valence-corrected chi connectivity index (χ3v) is 4.08. The summed E-state index contributed by atoms with van der Waals surface area (Å²) in [4.78, 5) is 24.7. The molecule has 2 unspecified atom stereocenters. The van der Waals surface area contributed by atoms with E-state index < -0.39 is 12.1 Å². The van der Waals surface area contributed by atoms with Crippen LogP contribution < -0.4 is 10.6 Å². The van der Waals surface area contributed by atoms with Gasteiger partial charge >= 0.3 is 0 Å². The van der Waals surface area contributed by atoms with E-state index in [1.807, 2.05) is 30.3 Å². The molecular formula is C21H34N2O6. The molecule has 0 heterocycles. The molecule has 1 aromatic rings. The zero-order valence-electron chi connectivity index (χ0n) is 17.6. The summed E-state index contributed by atoms with van der Waals surface area (Å²) in [5.74, 6) is -0.772. The van der Waals surface area contributed by atoms with Crippen LogP contribution in [0.5, 0.6) is 0 Å². The van der Waals surface area contributed by atoms with Gasteiger partial charge in [0, 0.05) is 12.5 Å². The number of hydrogen-bond donors (Lipinski definition) is 3. The van der Waals surface area contributed by atoms with Crippen molar-refractivity contribution in [3.05, 3.63) is 35.9 Å². The first kappa shape index (κ1) is 25.0. The minimum absolute atomic E-state index is 0.0237. The summed E-state index contributed by atoms with van der Waals surface area (Å²) >= 11 is 0. The SMILES string of the molecule is CC(C)C(=O)NC(C(=O)NCCOCCOCCO)C(C)OCc1ccccc1. The van der Waals surface area contributed by atoms with E-state index in [0.29, 0.717) is 33.0 Å². The zero-order chi connectivity index (χ0) is 21.5. The van der Waals surface area contributed by atoms with Gasteiger partial charge in [0.05, 0.1) is 45.7 Å². The molecular weight excluding hydrogens is 376 g/mol. The lowest BCUT2D eigenvalue weighted by molar-refractivity contribution is -0.134. The average molecular weight is 411 g/mol. The lowest BCUT2D eigenvalue weighted by Crippen LogP contribution is -2.54. The molecule has 29 heavy (non-hydrogen) atoms. The first-order chi connectivity index (χ1) is 14.0. The van der Waals surface area contributed by atoms with Gasteiger partial charge < -0.3 is 30.0 Å². The van der Waals surface area contributed by atoms with E-state index in [2.05, 4.69) is 10.6 Å². The van der Waals surface area contributed by atoms with Crippen molar-refractivity contribution in [1.29, 1.82) is 0 Å². The molecule has 8 nitrogen and oxygen atoms in total. The van der Waals surface area contributed by atoms with Crippen LogP contribution in [-0.2, 0) is 30.4 Å². The maximum Gasteiger partial charge on any atom is 0.245 e. The largest absolute Gasteiger partial charge is 0.394 e. The molecule has 0 saturated carbocycles. The highest BCUT2D eigenvalue weighted by atomic mass is 16.5. The van der Waals surface area contributed by atoms with Gasteiger partial charge in [-0.25, -0.2) is 0 Å². The molecule has 2 atom stereocenters. The van der Waals surface area contributed by atoms with E-state index in [9.17, 15) is 9.59 Å². The molecule has 0 spiro atoms. The molecule has 1 rings (SSSR count). The highest BCUT2D eigenvalue weighted by Gasteiger charge is 2.28. The monoisotopic (exact) mass is 410 g/mol. The van der Waals surface area contributed by atoms with Crippen LogP contribution in [0.15, 0.2) is 30.3 Å². The number of hydrogen-bond acceptors (Lipinski definition) is 6. The van der Waals surface area contributed by atoms with Gasteiger partial charge in [-0.05, 0) is 12.5 Å². The van der Waals surface area contributed by atoms with Gasteiger partial charge in [0.2, 0.25) is 11.8 Å². The highest BCUT2D eigenvalue weighted by molar-refractivity contribution is 5.88. The Morgan fingerprint density at radius 2 is 1.62 bits per heavy atom. The van der Waals surface area contributed by atoms with Crippen LogP contribution in [0.25, 0.3) is 0 Å². The summed E-state index contributed by atoms with van der Waals surface area (Å²) in [6, 6.07) is 8.84. The maximum absolute atomic E-state index is 12.6. The summed E-state index contributed by atoms with van der Waals surface area (Å²) in [5.41, 5.74) is 0.991. The van der Waals surface area contributed by atoms with Crippen LogP contribution in [0.2, 0.25) is 0 Å². The van der Waals surface area contributed by atoms with Crippen molar-refractivity contribution in [3.63, 3.8) is 0 Å². The van der Waals surface area contributed by atoms with Crippen LogP contribution in [0.3, 0.4) is 0 Å². The standard InChI is InChI=1S/C21H34N2O6/c1-16(2)20(25)23-19(17(3)29-15-18-7-5-4-6-8-18)21(26)22-9-11-27-13-14-28-12-10-24/h4-8,16-17,19,24H,9-15H2,1-3H3,(H,22,26)(H,23,25). The van der Waals surface area contributed by atoms with E-state index in [1.165, 1.54) is 0 Å². The van der Waals surface area contributed by atoms with Gasteiger partial charge in [0.15, 0.2) is 0 Å². The fourth-order valence-corrected chi connectivity index (χ4v) is 2.36. The van der Waals surface area contributed by atoms with Gasteiger partial charge in [0.1, 0.15) is 6.04 Å². The Morgan fingerprint density at radius 3 is 2.24 bits per heavy atom. The first-order valence-electron chi connectivity index (χ1n) is 9.95. The van der Waals surface area contributed by atoms with Crippen molar-refractivity contribution in [2.24, 2.45) is 5.92 Å². The summed E-state index contributed by atoms with van der Waals surface area (Å²) in [6.07, 6.45) is -0.509. The molecule has 0 aliphatic rings. The molecule has 0 aromatic heterocycles. The molecule has 1 aromatic carbocycles. The lowest BCUT2D eigenvalue weighted by atomic mass is 10.1. The Kier molecular flexibility index (Phi) is 12.9. The van der Waals surface area contributed by atoms with Gasteiger partial charge in [-0.3, -0.25) is 9.59 Å². The van der Waals surface area contributed by atoms with Gasteiger partial charge in [-0.15, -0.1) is 0 Å². The van der Waals surface area contributed by atoms with E-state index in [4.69, 9.17) is 19.3 Å². The third kappa shape index (κ3) is 10.9. The maximum atomic E-state index is 12.6. The van der Waals surface area contributed by atoms with Crippen LogP contribution in [-0.4, -0.2) is 68.6 Å². The van der Waals surface area contributed by atoms with Crippen molar-refractivity contribution < 1.29 is 28.9 Å². The minimum atomic E-state index is -0.804. The van der Waals surface area contributed by atoms with Crippen LogP contribution in [0.4, 0.5) is 0 Å². The Hall–Kier alpha value is -2.00. The molecule has 0 aliphatic heterocycles. The topological polar surface area (TPSA) is 106 Å². The van der Waals surface area contributed by atoms with Gasteiger partial charge in [0.25, 0.3) is 0 Å². The van der Waals surface area contributed by atoms with Gasteiger partial charge in [-0.2, -0.15) is 0 Å². The van der Waals surface area contributed by atoms with Crippen molar-refractivity contribution >= 4 is 11.8 Å². The molecule has 0 radical (unpaired) electrons. The van der Waals surface area contributed by atoms with Crippen LogP contribution in [0, 0.1) is 5.92 Å².